The molecule has 0 spiro atoms. The SMILES string of the molecule is CCCCC1CCC2C3CCc4cc(CCCC(C)(C)S)ccc4C3CCC12C. The van der Waals surface area contributed by atoms with Crippen molar-refractivity contribution in [3.63, 3.8) is 0 Å². The van der Waals surface area contributed by atoms with Crippen molar-refractivity contribution in [2.45, 2.75) is 115 Å². The van der Waals surface area contributed by atoms with Gasteiger partial charge in [-0.15, -0.1) is 0 Å². The summed E-state index contributed by atoms with van der Waals surface area (Å²) in [5, 5.41) is 0. The lowest BCUT2D eigenvalue weighted by molar-refractivity contribution is 0.0253. The molecule has 3 aliphatic rings. The smallest absolute Gasteiger partial charge is 0.00732 e. The van der Waals surface area contributed by atoms with Gasteiger partial charge in [0, 0.05) is 4.75 Å². The van der Waals surface area contributed by atoms with Gasteiger partial charge in [-0.25, -0.2) is 0 Å². The number of hydrogen-bond acceptors (Lipinski definition) is 1. The summed E-state index contributed by atoms with van der Waals surface area (Å²) in [6.45, 7) is 9.51. The lowest BCUT2D eigenvalue weighted by Crippen LogP contribution is -2.42. The Hall–Kier alpha value is -0.430. The van der Waals surface area contributed by atoms with Crippen molar-refractivity contribution in [2.24, 2.45) is 23.2 Å². The van der Waals surface area contributed by atoms with E-state index in [4.69, 9.17) is 12.6 Å². The van der Waals surface area contributed by atoms with E-state index in [9.17, 15) is 0 Å². The molecule has 5 unspecified atom stereocenters. The topological polar surface area (TPSA) is 0 Å². The first-order valence-corrected chi connectivity index (χ1v) is 13.1. The molecule has 0 heterocycles. The molecule has 162 valence electrons. The number of unbranched alkanes of at least 4 members (excludes halogenated alkanes) is 1. The normalized spacial score (nSPS) is 33.8. The molecular formula is C28H44S. The molecule has 0 aromatic heterocycles. The summed E-state index contributed by atoms with van der Waals surface area (Å²) in [5.74, 6) is 3.82. The third-order valence-electron chi connectivity index (χ3n) is 9.15. The molecule has 3 aliphatic carbocycles. The van der Waals surface area contributed by atoms with Crippen molar-refractivity contribution in [3.8, 4) is 0 Å². The van der Waals surface area contributed by atoms with E-state index in [2.05, 4.69) is 45.9 Å². The van der Waals surface area contributed by atoms with Gasteiger partial charge in [0.15, 0.2) is 0 Å². The van der Waals surface area contributed by atoms with Crippen LogP contribution < -0.4 is 0 Å². The molecule has 0 bridgehead atoms. The zero-order chi connectivity index (χ0) is 20.6. The van der Waals surface area contributed by atoms with Crippen LogP contribution in [0.2, 0.25) is 0 Å². The predicted molar refractivity (Wildman–Crippen MR) is 130 cm³/mol. The molecule has 5 atom stereocenters. The summed E-state index contributed by atoms with van der Waals surface area (Å²) in [6, 6.07) is 7.57. The lowest BCUT2D eigenvalue weighted by Gasteiger charge is -2.51. The summed E-state index contributed by atoms with van der Waals surface area (Å²) < 4.78 is 0.159. The van der Waals surface area contributed by atoms with Crippen molar-refractivity contribution >= 4 is 12.6 Å². The molecule has 4 rings (SSSR count). The van der Waals surface area contributed by atoms with Gasteiger partial charge in [0.25, 0.3) is 0 Å². The van der Waals surface area contributed by atoms with Crippen molar-refractivity contribution in [1.29, 1.82) is 0 Å². The average Bonchev–Trinajstić information content (AvgIpc) is 3.01. The maximum atomic E-state index is 4.69. The first kappa shape index (κ1) is 21.8. The number of rotatable bonds is 7. The Kier molecular flexibility index (Phi) is 6.46. The number of fused-ring (bicyclic) bond motifs is 5. The molecule has 0 aliphatic heterocycles. The third-order valence-corrected chi connectivity index (χ3v) is 9.37. The quantitative estimate of drug-likeness (QED) is 0.427. The molecule has 1 aromatic rings. The summed E-state index contributed by atoms with van der Waals surface area (Å²) >= 11 is 4.69. The minimum absolute atomic E-state index is 0.159. The highest BCUT2D eigenvalue weighted by atomic mass is 32.1. The largest absolute Gasteiger partial charge is 0.173 e. The summed E-state index contributed by atoms with van der Waals surface area (Å²) in [7, 11) is 0. The van der Waals surface area contributed by atoms with Crippen LogP contribution >= 0.6 is 12.6 Å². The van der Waals surface area contributed by atoms with Gasteiger partial charge < -0.3 is 0 Å². The lowest BCUT2D eigenvalue weighted by atomic mass is 9.54. The van der Waals surface area contributed by atoms with Crippen LogP contribution in [0.25, 0.3) is 0 Å². The van der Waals surface area contributed by atoms with E-state index in [-0.39, 0.29) is 4.75 Å². The van der Waals surface area contributed by atoms with Crippen molar-refractivity contribution in [2.75, 3.05) is 0 Å². The molecule has 0 nitrogen and oxygen atoms in total. The molecule has 0 N–H and O–H groups in total. The summed E-state index contributed by atoms with van der Waals surface area (Å²) in [6.07, 6.45) is 16.7. The maximum absolute atomic E-state index is 4.69. The average molecular weight is 413 g/mol. The summed E-state index contributed by atoms with van der Waals surface area (Å²) in [4.78, 5) is 0. The van der Waals surface area contributed by atoms with E-state index < -0.39 is 0 Å². The maximum Gasteiger partial charge on any atom is 0.00732 e. The number of hydrogen-bond donors (Lipinski definition) is 1. The van der Waals surface area contributed by atoms with E-state index in [1.807, 2.05) is 0 Å². The Bertz CT molecular complexity index is 699. The van der Waals surface area contributed by atoms with Gasteiger partial charge in [-0.2, -0.15) is 12.6 Å². The van der Waals surface area contributed by atoms with Gasteiger partial charge in [0.2, 0.25) is 0 Å². The fourth-order valence-corrected chi connectivity index (χ4v) is 7.71. The van der Waals surface area contributed by atoms with Crippen molar-refractivity contribution in [1.82, 2.24) is 0 Å². The van der Waals surface area contributed by atoms with Gasteiger partial charge in [0.05, 0.1) is 0 Å². The predicted octanol–water partition coefficient (Wildman–Crippen LogP) is 8.38. The van der Waals surface area contributed by atoms with Crippen LogP contribution in [-0.4, -0.2) is 4.75 Å². The molecule has 29 heavy (non-hydrogen) atoms. The molecule has 1 heteroatoms. The van der Waals surface area contributed by atoms with Crippen molar-refractivity contribution in [3.05, 3.63) is 34.9 Å². The first-order chi connectivity index (χ1) is 13.8. The van der Waals surface area contributed by atoms with Crippen LogP contribution in [-0.2, 0) is 12.8 Å². The van der Waals surface area contributed by atoms with E-state index >= 15 is 0 Å². The molecule has 2 fully saturated rings. The minimum atomic E-state index is 0.159. The van der Waals surface area contributed by atoms with E-state index in [0.29, 0.717) is 5.41 Å². The van der Waals surface area contributed by atoms with Gasteiger partial charge in [-0.3, -0.25) is 0 Å². The summed E-state index contributed by atoms with van der Waals surface area (Å²) in [5.41, 5.74) is 5.63. The fraction of sp³-hybridized carbons (Fsp3) is 0.786. The monoisotopic (exact) mass is 412 g/mol. The Morgan fingerprint density at radius 2 is 1.93 bits per heavy atom. The molecule has 1 aromatic carbocycles. The second kappa shape index (κ2) is 8.60. The van der Waals surface area contributed by atoms with Gasteiger partial charge in [0.1, 0.15) is 0 Å². The first-order valence-electron chi connectivity index (χ1n) is 12.7. The Morgan fingerprint density at radius 1 is 1.10 bits per heavy atom. The van der Waals surface area contributed by atoms with Crippen LogP contribution in [0.1, 0.15) is 115 Å². The number of thiol groups is 1. The second-order valence-electron chi connectivity index (χ2n) is 11.6. The highest BCUT2D eigenvalue weighted by Gasteiger charge is 2.54. The second-order valence-corrected chi connectivity index (χ2v) is 12.8. The van der Waals surface area contributed by atoms with E-state index in [0.717, 1.165) is 23.7 Å². The number of aryl methyl sites for hydroxylation is 2. The van der Waals surface area contributed by atoms with Crippen LogP contribution in [0.4, 0.5) is 0 Å². The van der Waals surface area contributed by atoms with Crippen molar-refractivity contribution < 1.29 is 0 Å². The van der Waals surface area contributed by atoms with Crippen LogP contribution in [0.3, 0.4) is 0 Å². The zero-order valence-electron chi connectivity index (χ0n) is 19.5. The van der Waals surface area contributed by atoms with E-state index in [1.165, 1.54) is 77.0 Å². The Balaban J connectivity index is 1.45. The molecular weight excluding hydrogens is 368 g/mol. The molecule has 0 radical (unpaired) electrons. The number of benzene rings is 1. The molecule has 0 amide bonds. The zero-order valence-corrected chi connectivity index (χ0v) is 20.4. The minimum Gasteiger partial charge on any atom is -0.173 e. The van der Waals surface area contributed by atoms with Gasteiger partial charge in [-0.1, -0.05) is 58.7 Å². The standard InChI is InChI=1S/C28H44S/c1-5-6-9-22-12-15-26-25-14-11-21-19-20(8-7-17-27(2,3)29)10-13-23(21)24(25)16-18-28(22,26)4/h10,13,19,22,24-26,29H,5-9,11-12,14-18H2,1-4H3. The van der Waals surface area contributed by atoms with Crippen LogP contribution in [0, 0.1) is 23.2 Å². The highest BCUT2D eigenvalue weighted by molar-refractivity contribution is 7.81. The van der Waals surface area contributed by atoms with Gasteiger partial charge >= 0.3 is 0 Å². The third kappa shape index (κ3) is 4.46. The van der Waals surface area contributed by atoms with E-state index in [1.54, 1.807) is 16.7 Å². The van der Waals surface area contributed by atoms with Crippen LogP contribution in [0.5, 0.6) is 0 Å². The molecule has 2 saturated carbocycles. The highest BCUT2D eigenvalue weighted by Crippen LogP contribution is 2.63. The Morgan fingerprint density at radius 3 is 2.69 bits per heavy atom. The van der Waals surface area contributed by atoms with Gasteiger partial charge in [-0.05, 0) is 110 Å². The fourth-order valence-electron chi connectivity index (χ4n) is 7.55. The molecule has 0 saturated heterocycles. The van der Waals surface area contributed by atoms with Crippen LogP contribution in [0.15, 0.2) is 18.2 Å². The Labute approximate surface area is 186 Å².